The minimum absolute atomic E-state index is 0.484. The van der Waals surface area contributed by atoms with Crippen molar-refractivity contribution in [2.24, 2.45) is 0 Å². The molecule has 2 aromatic rings. The molecule has 1 N–H and O–H groups in total. The van der Waals surface area contributed by atoms with Gasteiger partial charge in [-0.15, -0.1) is 0 Å². The summed E-state index contributed by atoms with van der Waals surface area (Å²) in [5, 5.41) is 0. The third-order valence-corrected chi connectivity index (χ3v) is 4.49. The van der Waals surface area contributed by atoms with Crippen molar-refractivity contribution in [2.75, 3.05) is 19.6 Å². The van der Waals surface area contributed by atoms with Crippen LogP contribution in [0.15, 0.2) is 36.5 Å². The second kappa shape index (κ2) is 5.94. The van der Waals surface area contributed by atoms with Gasteiger partial charge in [0.2, 0.25) is 0 Å². The monoisotopic (exact) mass is 287 g/mol. The maximum atomic E-state index is 5.52. The van der Waals surface area contributed by atoms with Gasteiger partial charge in [0.25, 0.3) is 0 Å². The van der Waals surface area contributed by atoms with Crippen LogP contribution in [-0.2, 0) is 0 Å². The van der Waals surface area contributed by atoms with Crippen LogP contribution < -0.4 is 0 Å². The number of aromatic amines is 1. The summed E-state index contributed by atoms with van der Waals surface area (Å²) in [5.74, 6) is 0. The Labute approximate surface area is 125 Å². The predicted molar refractivity (Wildman–Crippen MR) is 85.4 cm³/mol. The fourth-order valence-electron chi connectivity index (χ4n) is 3.10. The normalized spacial score (nSPS) is 20.1. The highest BCUT2D eigenvalue weighted by atomic mass is 32.1. The van der Waals surface area contributed by atoms with Crippen molar-refractivity contribution in [2.45, 2.75) is 25.8 Å². The number of H-pyrrole nitrogens is 1. The number of piperidine rings is 1. The van der Waals surface area contributed by atoms with Gasteiger partial charge in [-0.25, -0.2) is 0 Å². The van der Waals surface area contributed by atoms with Crippen LogP contribution in [0.5, 0.6) is 0 Å². The smallest absolute Gasteiger partial charge is 0.177 e. The summed E-state index contributed by atoms with van der Waals surface area (Å²) in [4.78, 5) is 5.74. The highest BCUT2D eigenvalue weighted by Gasteiger charge is 2.22. The quantitative estimate of drug-likeness (QED) is 0.867. The van der Waals surface area contributed by atoms with Crippen molar-refractivity contribution in [1.82, 2.24) is 14.5 Å². The molecule has 1 aromatic carbocycles. The fraction of sp³-hybridized carbons (Fsp3) is 0.438. The summed E-state index contributed by atoms with van der Waals surface area (Å²) >= 11 is 5.52. The van der Waals surface area contributed by atoms with Crippen LogP contribution in [0.25, 0.3) is 11.3 Å². The first-order valence-electron chi connectivity index (χ1n) is 7.37. The molecule has 20 heavy (non-hydrogen) atoms. The first-order chi connectivity index (χ1) is 9.79. The van der Waals surface area contributed by atoms with E-state index in [-0.39, 0.29) is 0 Å². The molecule has 0 spiro atoms. The Balaban J connectivity index is 1.97. The molecule has 1 aliphatic rings. The van der Waals surface area contributed by atoms with Gasteiger partial charge in [0, 0.05) is 18.8 Å². The second-order valence-corrected chi connectivity index (χ2v) is 5.79. The molecule has 2 heterocycles. The van der Waals surface area contributed by atoms with E-state index >= 15 is 0 Å². The average molecular weight is 287 g/mol. The predicted octanol–water partition coefficient (Wildman–Crippen LogP) is 3.87. The summed E-state index contributed by atoms with van der Waals surface area (Å²) < 4.78 is 3.15. The number of likely N-dealkylation sites (N-methyl/N-ethyl adjacent to an activating group) is 1. The maximum Gasteiger partial charge on any atom is 0.177 e. The Kier molecular flexibility index (Phi) is 4.03. The van der Waals surface area contributed by atoms with Gasteiger partial charge >= 0.3 is 0 Å². The topological polar surface area (TPSA) is 24.0 Å². The Bertz CT molecular complexity index is 614. The maximum absolute atomic E-state index is 5.52. The SMILES string of the molecule is CCN1CCCC(n2c(-c3ccccc3)c[nH]c2=S)C1. The Hall–Kier alpha value is -1.39. The lowest BCUT2D eigenvalue weighted by Gasteiger charge is -2.33. The van der Waals surface area contributed by atoms with Gasteiger partial charge in [0.05, 0.1) is 5.69 Å². The zero-order chi connectivity index (χ0) is 13.9. The van der Waals surface area contributed by atoms with E-state index in [1.807, 2.05) is 6.20 Å². The van der Waals surface area contributed by atoms with E-state index in [9.17, 15) is 0 Å². The van der Waals surface area contributed by atoms with Gasteiger partial charge in [-0.2, -0.15) is 0 Å². The zero-order valence-corrected chi connectivity index (χ0v) is 12.7. The fourth-order valence-corrected chi connectivity index (χ4v) is 3.41. The molecule has 1 saturated heterocycles. The molecule has 1 unspecified atom stereocenters. The minimum atomic E-state index is 0.484. The molecule has 0 amide bonds. The van der Waals surface area contributed by atoms with Crippen molar-refractivity contribution in [3.05, 3.63) is 41.3 Å². The standard InChI is InChI=1S/C16H21N3S/c1-2-18-10-6-9-14(12-18)19-15(11-17-16(19)20)13-7-4-3-5-8-13/h3-5,7-8,11,14H,2,6,9-10,12H2,1H3,(H,17,20). The van der Waals surface area contributed by atoms with E-state index in [2.05, 4.69) is 51.7 Å². The van der Waals surface area contributed by atoms with Crippen LogP contribution in [0, 0.1) is 4.77 Å². The zero-order valence-electron chi connectivity index (χ0n) is 11.9. The number of hydrogen-bond acceptors (Lipinski definition) is 2. The lowest BCUT2D eigenvalue weighted by Crippen LogP contribution is -2.36. The van der Waals surface area contributed by atoms with E-state index < -0.39 is 0 Å². The Morgan fingerprint density at radius 3 is 2.85 bits per heavy atom. The van der Waals surface area contributed by atoms with E-state index in [4.69, 9.17) is 12.2 Å². The first-order valence-corrected chi connectivity index (χ1v) is 7.78. The molecule has 0 aliphatic carbocycles. The van der Waals surface area contributed by atoms with Gasteiger partial charge in [-0.05, 0) is 43.7 Å². The molecule has 1 atom stereocenters. The Morgan fingerprint density at radius 1 is 1.30 bits per heavy atom. The number of aromatic nitrogens is 2. The minimum Gasteiger partial charge on any atom is -0.337 e. The summed E-state index contributed by atoms with van der Waals surface area (Å²) in [6.45, 7) is 5.67. The van der Waals surface area contributed by atoms with Crippen LogP contribution in [-0.4, -0.2) is 34.1 Å². The van der Waals surface area contributed by atoms with E-state index in [1.165, 1.54) is 30.6 Å². The van der Waals surface area contributed by atoms with Crippen molar-refractivity contribution >= 4 is 12.2 Å². The number of benzene rings is 1. The van der Waals surface area contributed by atoms with Gasteiger partial charge in [0.15, 0.2) is 4.77 Å². The molecule has 0 saturated carbocycles. The number of nitrogens with zero attached hydrogens (tertiary/aromatic N) is 2. The van der Waals surface area contributed by atoms with E-state index in [0.29, 0.717) is 6.04 Å². The number of hydrogen-bond donors (Lipinski definition) is 1. The first kappa shape index (κ1) is 13.6. The summed E-state index contributed by atoms with van der Waals surface area (Å²) in [6.07, 6.45) is 4.50. The Morgan fingerprint density at radius 2 is 2.10 bits per heavy atom. The lowest BCUT2D eigenvalue weighted by molar-refractivity contribution is 0.185. The van der Waals surface area contributed by atoms with Gasteiger partial charge in [-0.1, -0.05) is 37.3 Å². The molecule has 1 aromatic heterocycles. The van der Waals surface area contributed by atoms with Crippen LogP contribution in [0.4, 0.5) is 0 Å². The van der Waals surface area contributed by atoms with Crippen molar-refractivity contribution < 1.29 is 0 Å². The molecular formula is C16H21N3S. The summed E-state index contributed by atoms with van der Waals surface area (Å²) in [6, 6.07) is 11.0. The third-order valence-electron chi connectivity index (χ3n) is 4.17. The average Bonchev–Trinajstić information content (AvgIpc) is 2.90. The van der Waals surface area contributed by atoms with Gasteiger partial charge in [0.1, 0.15) is 0 Å². The largest absolute Gasteiger partial charge is 0.337 e. The van der Waals surface area contributed by atoms with Crippen molar-refractivity contribution in [3.8, 4) is 11.3 Å². The highest BCUT2D eigenvalue weighted by molar-refractivity contribution is 7.71. The number of imidazole rings is 1. The second-order valence-electron chi connectivity index (χ2n) is 5.40. The molecule has 3 nitrogen and oxygen atoms in total. The van der Waals surface area contributed by atoms with Crippen LogP contribution in [0.2, 0.25) is 0 Å². The molecule has 0 bridgehead atoms. The molecule has 1 fully saturated rings. The summed E-state index contributed by atoms with van der Waals surface area (Å²) in [5.41, 5.74) is 2.44. The third kappa shape index (κ3) is 2.58. The van der Waals surface area contributed by atoms with Gasteiger partial charge in [-0.3, -0.25) is 0 Å². The molecule has 4 heteroatoms. The molecule has 3 rings (SSSR count). The van der Waals surface area contributed by atoms with E-state index in [1.54, 1.807) is 0 Å². The number of rotatable bonds is 3. The van der Waals surface area contributed by atoms with Crippen molar-refractivity contribution in [1.29, 1.82) is 0 Å². The van der Waals surface area contributed by atoms with Gasteiger partial charge < -0.3 is 14.5 Å². The van der Waals surface area contributed by atoms with Crippen molar-refractivity contribution in [3.63, 3.8) is 0 Å². The van der Waals surface area contributed by atoms with E-state index in [0.717, 1.165) is 17.9 Å². The van der Waals surface area contributed by atoms with Crippen LogP contribution >= 0.6 is 12.2 Å². The molecule has 1 aliphatic heterocycles. The summed E-state index contributed by atoms with van der Waals surface area (Å²) in [7, 11) is 0. The lowest BCUT2D eigenvalue weighted by atomic mass is 10.0. The van der Waals surface area contributed by atoms with Crippen LogP contribution in [0.3, 0.4) is 0 Å². The molecular weight excluding hydrogens is 266 g/mol. The number of likely N-dealkylation sites (tertiary alicyclic amines) is 1. The molecule has 106 valence electrons. The number of nitrogens with one attached hydrogen (secondary N) is 1. The highest BCUT2D eigenvalue weighted by Crippen LogP contribution is 2.28. The van der Waals surface area contributed by atoms with Crippen LogP contribution in [0.1, 0.15) is 25.8 Å². The molecule has 0 radical (unpaired) electrons.